The lowest BCUT2D eigenvalue weighted by Gasteiger charge is -2.20. The average molecular weight is 506 g/mol. The zero-order valence-corrected chi connectivity index (χ0v) is 18.6. The van der Waals surface area contributed by atoms with Gasteiger partial charge in [0, 0.05) is 19.0 Å². The van der Waals surface area contributed by atoms with Crippen LogP contribution in [0, 0.1) is 0 Å². The largest absolute Gasteiger partial charge is 0.461 e. The standard InChI is InChI=1S/C20H22N6O2.HI/c1-3-21-20(22-12-18-23-19(25-24-18)17-9-6-10-27-17)26(2)13-15-11-14-7-4-5-8-16(14)28-15;/h4-11H,3,12-13H2,1-2H3,(H,21,22)(H,23,24,25);1H. The van der Waals surface area contributed by atoms with Gasteiger partial charge in [-0.1, -0.05) is 18.2 Å². The highest BCUT2D eigenvalue weighted by molar-refractivity contribution is 14.0. The number of hydrogen-bond acceptors (Lipinski definition) is 5. The highest BCUT2D eigenvalue weighted by Crippen LogP contribution is 2.20. The molecule has 3 heterocycles. The molecule has 4 rings (SSSR count). The minimum atomic E-state index is 0. The van der Waals surface area contributed by atoms with Gasteiger partial charge in [-0.2, -0.15) is 0 Å². The Balaban J connectivity index is 0.00000240. The van der Waals surface area contributed by atoms with Crippen LogP contribution in [0.25, 0.3) is 22.6 Å². The molecular weight excluding hydrogens is 483 g/mol. The molecule has 0 fully saturated rings. The zero-order chi connectivity index (χ0) is 19.3. The zero-order valence-electron chi connectivity index (χ0n) is 16.3. The van der Waals surface area contributed by atoms with Crippen molar-refractivity contribution in [2.75, 3.05) is 13.6 Å². The number of furan rings is 2. The van der Waals surface area contributed by atoms with Crippen LogP contribution in [0.2, 0.25) is 0 Å². The fourth-order valence-corrected chi connectivity index (χ4v) is 2.92. The first kappa shape index (κ1) is 20.9. The van der Waals surface area contributed by atoms with E-state index in [9.17, 15) is 0 Å². The van der Waals surface area contributed by atoms with Crippen LogP contribution >= 0.6 is 24.0 Å². The molecule has 4 aromatic rings. The fraction of sp³-hybridized carbons (Fsp3) is 0.250. The molecule has 9 heteroatoms. The van der Waals surface area contributed by atoms with E-state index < -0.39 is 0 Å². The number of rotatable bonds is 6. The van der Waals surface area contributed by atoms with E-state index in [1.165, 1.54) is 0 Å². The topological polar surface area (TPSA) is 95.5 Å². The third-order valence-electron chi connectivity index (χ3n) is 4.22. The van der Waals surface area contributed by atoms with Crippen LogP contribution in [0.4, 0.5) is 0 Å². The van der Waals surface area contributed by atoms with Crippen molar-refractivity contribution in [1.82, 2.24) is 25.4 Å². The molecule has 0 aliphatic rings. The van der Waals surface area contributed by atoms with Gasteiger partial charge in [-0.15, -0.1) is 29.1 Å². The van der Waals surface area contributed by atoms with Crippen molar-refractivity contribution >= 4 is 40.9 Å². The summed E-state index contributed by atoms with van der Waals surface area (Å²) in [6.07, 6.45) is 1.60. The van der Waals surface area contributed by atoms with E-state index >= 15 is 0 Å². The van der Waals surface area contributed by atoms with E-state index in [4.69, 9.17) is 8.83 Å². The molecule has 0 bridgehead atoms. The second-order valence-electron chi connectivity index (χ2n) is 6.36. The molecule has 0 saturated heterocycles. The summed E-state index contributed by atoms with van der Waals surface area (Å²) in [6, 6.07) is 13.7. The van der Waals surface area contributed by atoms with Crippen LogP contribution in [0.5, 0.6) is 0 Å². The number of guanidine groups is 1. The molecule has 3 aromatic heterocycles. The molecule has 152 valence electrons. The van der Waals surface area contributed by atoms with E-state index in [2.05, 4.69) is 31.6 Å². The summed E-state index contributed by atoms with van der Waals surface area (Å²) in [5.74, 6) is 3.46. The monoisotopic (exact) mass is 506 g/mol. The smallest absolute Gasteiger partial charge is 0.216 e. The van der Waals surface area contributed by atoms with E-state index in [-0.39, 0.29) is 24.0 Å². The average Bonchev–Trinajstić information content (AvgIpc) is 3.44. The number of nitrogens with one attached hydrogen (secondary N) is 2. The Morgan fingerprint density at radius 1 is 1.24 bits per heavy atom. The molecule has 29 heavy (non-hydrogen) atoms. The Kier molecular flexibility index (Phi) is 6.91. The van der Waals surface area contributed by atoms with E-state index in [0.717, 1.165) is 29.2 Å². The molecule has 8 nitrogen and oxygen atoms in total. The highest BCUT2D eigenvalue weighted by atomic mass is 127. The molecule has 0 atom stereocenters. The third-order valence-corrected chi connectivity index (χ3v) is 4.22. The van der Waals surface area contributed by atoms with Crippen LogP contribution in [0.15, 0.2) is 62.6 Å². The fourth-order valence-electron chi connectivity index (χ4n) is 2.92. The molecule has 0 aliphatic heterocycles. The second-order valence-corrected chi connectivity index (χ2v) is 6.36. The summed E-state index contributed by atoms with van der Waals surface area (Å²) in [5, 5.41) is 11.5. The lowest BCUT2D eigenvalue weighted by molar-refractivity contribution is 0.412. The third kappa shape index (κ3) is 4.97. The van der Waals surface area contributed by atoms with Crippen molar-refractivity contribution in [2.45, 2.75) is 20.0 Å². The molecule has 2 N–H and O–H groups in total. The highest BCUT2D eigenvalue weighted by Gasteiger charge is 2.12. The quantitative estimate of drug-likeness (QED) is 0.233. The number of para-hydroxylation sites is 1. The lowest BCUT2D eigenvalue weighted by Crippen LogP contribution is -2.38. The van der Waals surface area contributed by atoms with Crippen molar-refractivity contribution in [3.8, 4) is 11.6 Å². The molecule has 1 aromatic carbocycles. The lowest BCUT2D eigenvalue weighted by atomic mass is 10.2. The van der Waals surface area contributed by atoms with Crippen molar-refractivity contribution in [1.29, 1.82) is 0 Å². The van der Waals surface area contributed by atoms with Crippen molar-refractivity contribution in [2.24, 2.45) is 4.99 Å². The molecular formula is C20H23IN6O2. The van der Waals surface area contributed by atoms with Crippen molar-refractivity contribution in [3.05, 3.63) is 60.3 Å². The van der Waals surface area contributed by atoms with Crippen LogP contribution in [0.1, 0.15) is 18.5 Å². The van der Waals surface area contributed by atoms with Crippen LogP contribution in [-0.4, -0.2) is 39.6 Å². The summed E-state index contributed by atoms with van der Waals surface area (Å²) in [4.78, 5) is 11.1. The predicted molar refractivity (Wildman–Crippen MR) is 122 cm³/mol. The molecule has 0 spiro atoms. The maximum Gasteiger partial charge on any atom is 0.216 e. The summed E-state index contributed by atoms with van der Waals surface area (Å²) in [6.45, 7) is 3.78. The Labute approximate surface area is 185 Å². The van der Waals surface area contributed by atoms with Gasteiger partial charge in [-0.3, -0.25) is 5.10 Å². The van der Waals surface area contributed by atoms with Gasteiger partial charge in [0.05, 0.1) is 12.8 Å². The minimum Gasteiger partial charge on any atom is -0.461 e. The van der Waals surface area contributed by atoms with Crippen molar-refractivity contribution < 1.29 is 8.83 Å². The number of aliphatic imine (C=N–C) groups is 1. The molecule has 0 saturated carbocycles. The maximum absolute atomic E-state index is 5.91. The number of H-pyrrole nitrogens is 1. The van der Waals surface area contributed by atoms with E-state index in [0.29, 0.717) is 30.5 Å². The number of fused-ring (bicyclic) bond motifs is 1. The summed E-state index contributed by atoms with van der Waals surface area (Å²) >= 11 is 0. The van der Waals surface area contributed by atoms with Gasteiger partial charge >= 0.3 is 0 Å². The molecule has 0 amide bonds. The van der Waals surface area contributed by atoms with Gasteiger partial charge in [0.25, 0.3) is 0 Å². The number of benzene rings is 1. The first-order chi connectivity index (χ1) is 13.7. The number of aromatic nitrogens is 3. The second kappa shape index (κ2) is 9.59. The first-order valence-electron chi connectivity index (χ1n) is 9.15. The number of nitrogens with zero attached hydrogens (tertiary/aromatic N) is 4. The van der Waals surface area contributed by atoms with Gasteiger partial charge in [0.15, 0.2) is 11.7 Å². The summed E-state index contributed by atoms with van der Waals surface area (Å²) in [7, 11) is 1.98. The van der Waals surface area contributed by atoms with Gasteiger partial charge in [0.1, 0.15) is 23.7 Å². The van der Waals surface area contributed by atoms with E-state index in [1.54, 1.807) is 12.3 Å². The number of halogens is 1. The van der Waals surface area contributed by atoms with Gasteiger partial charge in [-0.05, 0) is 31.2 Å². The Hall–Kier alpha value is -2.82. The van der Waals surface area contributed by atoms with E-state index in [1.807, 2.05) is 49.2 Å². The summed E-state index contributed by atoms with van der Waals surface area (Å²) < 4.78 is 11.2. The first-order valence-corrected chi connectivity index (χ1v) is 9.15. The van der Waals surface area contributed by atoms with Crippen LogP contribution in [-0.2, 0) is 13.1 Å². The van der Waals surface area contributed by atoms with Crippen LogP contribution < -0.4 is 5.32 Å². The Morgan fingerprint density at radius 3 is 2.86 bits per heavy atom. The Morgan fingerprint density at radius 2 is 2.10 bits per heavy atom. The summed E-state index contributed by atoms with van der Waals surface area (Å²) in [5.41, 5.74) is 0.889. The normalized spacial score (nSPS) is 11.4. The maximum atomic E-state index is 5.91. The molecule has 0 radical (unpaired) electrons. The van der Waals surface area contributed by atoms with Gasteiger partial charge in [-0.25, -0.2) is 9.98 Å². The van der Waals surface area contributed by atoms with Gasteiger partial charge in [0.2, 0.25) is 5.82 Å². The van der Waals surface area contributed by atoms with Gasteiger partial charge < -0.3 is 19.1 Å². The SMILES string of the molecule is CCNC(=NCc1nc(-c2ccco2)n[nH]1)N(C)Cc1cc2ccccc2o1.I. The molecule has 0 aliphatic carbocycles. The number of hydrogen-bond donors (Lipinski definition) is 2. The predicted octanol–water partition coefficient (Wildman–Crippen LogP) is 4.03. The van der Waals surface area contributed by atoms with Crippen LogP contribution in [0.3, 0.4) is 0 Å². The molecule has 0 unspecified atom stereocenters. The van der Waals surface area contributed by atoms with Crippen molar-refractivity contribution in [3.63, 3.8) is 0 Å². The minimum absolute atomic E-state index is 0. The Bertz CT molecular complexity index is 1040. The number of aromatic amines is 1.